The summed E-state index contributed by atoms with van der Waals surface area (Å²) in [7, 11) is 0. The third-order valence-corrected chi connectivity index (χ3v) is 4.44. The summed E-state index contributed by atoms with van der Waals surface area (Å²) in [6.45, 7) is 8.41. The molecule has 1 N–H and O–H groups in total. The van der Waals surface area contributed by atoms with Crippen LogP contribution in [0.5, 0.6) is 0 Å². The number of hydrogen-bond donors (Lipinski definition) is 1. The first-order valence-corrected chi connectivity index (χ1v) is 8.41. The molecule has 0 unspecified atom stereocenters. The van der Waals surface area contributed by atoms with E-state index in [0.29, 0.717) is 6.42 Å². The molecule has 2 rings (SSSR count). The average Bonchev–Trinajstić information content (AvgIpc) is 2.54. The van der Waals surface area contributed by atoms with E-state index in [9.17, 15) is 4.79 Å². The van der Waals surface area contributed by atoms with Crippen molar-refractivity contribution in [2.75, 3.05) is 0 Å². The van der Waals surface area contributed by atoms with E-state index in [1.807, 2.05) is 0 Å². The van der Waals surface area contributed by atoms with Gasteiger partial charge in [0, 0.05) is 6.42 Å². The van der Waals surface area contributed by atoms with Crippen LogP contribution in [0.25, 0.3) is 0 Å². The minimum atomic E-state index is 0.0999. The van der Waals surface area contributed by atoms with Crippen molar-refractivity contribution in [3.8, 4) is 0 Å². The van der Waals surface area contributed by atoms with Crippen LogP contribution in [0.3, 0.4) is 0 Å². The topological polar surface area (TPSA) is 29.1 Å². The van der Waals surface area contributed by atoms with Crippen molar-refractivity contribution in [3.05, 3.63) is 70.3 Å². The molecule has 0 bridgehead atoms. The molecule has 23 heavy (non-hydrogen) atoms. The largest absolute Gasteiger partial charge is 0.349 e. The fourth-order valence-corrected chi connectivity index (χ4v) is 2.70. The molecule has 0 fully saturated rings. The molecular formula is C21H27NO. The Labute approximate surface area is 139 Å². The molecule has 0 heterocycles. The number of nitrogens with one attached hydrogen (secondary N) is 1. The number of aryl methyl sites for hydroxylation is 4. The Balaban J connectivity index is 1.92. The van der Waals surface area contributed by atoms with E-state index in [1.165, 1.54) is 27.8 Å². The summed E-state index contributed by atoms with van der Waals surface area (Å²) in [5.41, 5.74) is 6.23. The highest BCUT2D eigenvalue weighted by atomic mass is 16.1. The zero-order valence-corrected chi connectivity index (χ0v) is 14.6. The van der Waals surface area contributed by atoms with Crippen LogP contribution in [-0.4, -0.2) is 5.91 Å². The number of hydrogen-bond acceptors (Lipinski definition) is 1. The summed E-state index contributed by atoms with van der Waals surface area (Å²) in [4.78, 5) is 12.3. The lowest BCUT2D eigenvalue weighted by molar-refractivity contribution is -0.121. The van der Waals surface area contributed by atoms with Gasteiger partial charge in [0.15, 0.2) is 0 Å². The summed E-state index contributed by atoms with van der Waals surface area (Å²) in [6.07, 6.45) is 2.22. The smallest absolute Gasteiger partial charge is 0.220 e. The minimum absolute atomic E-state index is 0.0999. The zero-order chi connectivity index (χ0) is 16.8. The molecule has 2 heteroatoms. The maximum Gasteiger partial charge on any atom is 0.220 e. The van der Waals surface area contributed by atoms with Gasteiger partial charge in [-0.05, 0) is 55.9 Å². The van der Waals surface area contributed by atoms with Crippen molar-refractivity contribution < 1.29 is 4.79 Å². The van der Waals surface area contributed by atoms with Crippen molar-refractivity contribution >= 4 is 5.91 Å². The number of rotatable bonds is 6. The first kappa shape index (κ1) is 17.3. The summed E-state index contributed by atoms with van der Waals surface area (Å²) < 4.78 is 0. The Morgan fingerprint density at radius 3 is 2.30 bits per heavy atom. The third kappa shape index (κ3) is 4.95. The SMILES string of the molecule is CC[C@@H](NC(=O)CCc1ccc(C)c(C)c1)c1ccc(C)cc1. The van der Waals surface area contributed by atoms with Gasteiger partial charge in [-0.15, -0.1) is 0 Å². The number of benzene rings is 2. The molecule has 2 aromatic rings. The van der Waals surface area contributed by atoms with Crippen molar-refractivity contribution in [3.63, 3.8) is 0 Å². The van der Waals surface area contributed by atoms with Crippen LogP contribution in [0.15, 0.2) is 42.5 Å². The van der Waals surface area contributed by atoms with Crippen LogP contribution in [-0.2, 0) is 11.2 Å². The molecule has 122 valence electrons. The van der Waals surface area contributed by atoms with Crippen molar-refractivity contribution in [2.24, 2.45) is 0 Å². The molecule has 0 aromatic heterocycles. The Hall–Kier alpha value is -2.09. The van der Waals surface area contributed by atoms with Gasteiger partial charge < -0.3 is 5.32 Å². The van der Waals surface area contributed by atoms with E-state index in [0.717, 1.165) is 12.8 Å². The maximum atomic E-state index is 12.3. The normalized spacial score (nSPS) is 12.0. The molecule has 0 aliphatic carbocycles. The molecule has 0 saturated carbocycles. The van der Waals surface area contributed by atoms with E-state index in [-0.39, 0.29) is 11.9 Å². The van der Waals surface area contributed by atoms with Gasteiger partial charge in [0.05, 0.1) is 6.04 Å². The van der Waals surface area contributed by atoms with Crippen molar-refractivity contribution in [2.45, 2.75) is 53.0 Å². The van der Waals surface area contributed by atoms with Crippen molar-refractivity contribution in [1.82, 2.24) is 5.32 Å². The second-order valence-corrected chi connectivity index (χ2v) is 6.36. The van der Waals surface area contributed by atoms with Gasteiger partial charge in [-0.2, -0.15) is 0 Å². The summed E-state index contributed by atoms with van der Waals surface area (Å²) in [5, 5.41) is 3.16. The molecule has 0 aliphatic heterocycles. The molecule has 0 saturated heterocycles. The molecule has 2 nitrogen and oxygen atoms in total. The molecule has 0 spiro atoms. The van der Waals surface area contributed by atoms with E-state index < -0.39 is 0 Å². The van der Waals surface area contributed by atoms with Crippen LogP contribution >= 0.6 is 0 Å². The van der Waals surface area contributed by atoms with Crippen LogP contribution in [0, 0.1) is 20.8 Å². The van der Waals surface area contributed by atoms with Gasteiger partial charge in [0.2, 0.25) is 5.91 Å². The second-order valence-electron chi connectivity index (χ2n) is 6.36. The molecule has 1 atom stereocenters. The molecular weight excluding hydrogens is 282 g/mol. The Bertz CT molecular complexity index is 658. The lowest BCUT2D eigenvalue weighted by atomic mass is 10.0. The lowest BCUT2D eigenvalue weighted by Crippen LogP contribution is -2.28. The van der Waals surface area contributed by atoms with Crippen LogP contribution in [0.1, 0.15) is 53.6 Å². The monoisotopic (exact) mass is 309 g/mol. The number of amides is 1. The van der Waals surface area contributed by atoms with Gasteiger partial charge in [-0.1, -0.05) is 55.0 Å². The number of carbonyl (C=O) groups excluding carboxylic acids is 1. The Morgan fingerprint density at radius 2 is 1.70 bits per heavy atom. The van der Waals surface area contributed by atoms with Gasteiger partial charge in [0.25, 0.3) is 0 Å². The van der Waals surface area contributed by atoms with E-state index >= 15 is 0 Å². The fraction of sp³-hybridized carbons (Fsp3) is 0.381. The van der Waals surface area contributed by atoms with Crippen LogP contribution in [0.4, 0.5) is 0 Å². The molecule has 2 aromatic carbocycles. The summed E-state index contributed by atoms with van der Waals surface area (Å²) >= 11 is 0. The van der Waals surface area contributed by atoms with Crippen molar-refractivity contribution in [1.29, 1.82) is 0 Å². The number of carbonyl (C=O) groups is 1. The predicted molar refractivity (Wildman–Crippen MR) is 96.6 cm³/mol. The van der Waals surface area contributed by atoms with Gasteiger partial charge in [-0.25, -0.2) is 0 Å². The molecule has 0 aliphatic rings. The molecule has 1 amide bonds. The third-order valence-electron chi connectivity index (χ3n) is 4.44. The minimum Gasteiger partial charge on any atom is -0.349 e. The predicted octanol–water partition coefficient (Wildman–Crippen LogP) is 4.81. The van der Waals surface area contributed by atoms with E-state index in [4.69, 9.17) is 0 Å². The standard InChI is InChI=1S/C21H27NO/c1-5-20(19-11-6-15(2)7-12-19)22-21(23)13-10-18-9-8-16(3)17(4)14-18/h6-9,11-12,14,20H,5,10,13H2,1-4H3,(H,22,23)/t20-/m1/s1. The van der Waals surface area contributed by atoms with Crippen LogP contribution in [0.2, 0.25) is 0 Å². The highest BCUT2D eigenvalue weighted by molar-refractivity contribution is 5.76. The maximum absolute atomic E-state index is 12.3. The first-order chi connectivity index (χ1) is 11.0. The summed E-state index contributed by atoms with van der Waals surface area (Å²) in [5.74, 6) is 0.121. The quantitative estimate of drug-likeness (QED) is 0.815. The lowest BCUT2D eigenvalue weighted by Gasteiger charge is -2.18. The second kappa shape index (κ2) is 7.96. The first-order valence-electron chi connectivity index (χ1n) is 8.41. The Morgan fingerprint density at radius 1 is 1.00 bits per heavy atom. The van der Waals surface area contributed by atoms with E-state index in [2.05, 4.69) is 75.5 Å². The highest BCUT2D eigenvalue weighted by Gasteiger charge is 2.12. The van der Waals surface area contributed by atoms with E-state index in [1.54, 1.807) is 0 Å². The van der Waals surface area contributed by atoms with Gasteiger partial charge >= 0.3 is 0 Å². The Kier molecular flexibility index (Phi) is 5.97. The highest BCUT2D eigenvalue weighted by Crippen LogP contribution is 2.18. The van der Waals surface area contributed by atoms with Gasteiger partial charge in [-0.3, -0.25) is 4.79 Å². The fourth-order valence-electron chi connectivity index (χ4n) is 2.70. The summed E-state index contributed by atoms with van der Waals surface area (Å²) in [6, 6.07) is 14.9. The van der Waals surface area contributed by atoms with Gasteiger partial charge in [0.1, 0.15) is 0 Å². The molecule has 0 radical (unpaired) electrons. The average molecular weight is 309 g/mol. The zero-order valence-electron chi connectivity index (χ0n) is 14.6. The van der Waals surface area contributed by atoms with Crippen LogP contribution < -0.4 is 5.32 Å².